The lowest BCUT2D eigenvalue weighted by molar-refractivity contribution is -0.142. The molecule has 4 nitrogen and oxygen atoms in total. The van der Waals surface area contributed by atoms with Gasteiger partial charge in [0.1, 0.15) is 5.82 Å². The average molecular weight is 288 g/mol. The summed E-state index contributed by atoms with van der Waals surface area (Å²) >= 11 is 5.80. The Kier molecular flexibility index (Phi) is 4.74. The van der Waals surface area contributed by atoms with E-state index in [-0.39, 0.29) is 18.3 Å². The van der Waals surface area contributed by atoms with E-state index in [1.54, 1.807) is 6.07 Å². The van der Waals surface area contributed by atoms with Crippen molar-refractivity contribution in [2.45, 2.75) is 19.1 Å². The van der Waals surface area contributed by atoms with Crippen LogP contribution in [0.1, 0.15) is 12.0 Å². The van der Waals surface area contributed by atoms with Gasteiger partial charge < -0.3 is 9.84 Å². The van der Waals surface area contributed by atoms with Gasteiger partial charge in [0.15, 0.2) is 0 Å². The molecule has 104 valence electrons. The largest absolute Gasteiger partial charge is 0.481 e. The molecule has 1 aromatic rings. The molecule has 1 saturated heterocycles. The molecule has 6 heteroatoms. The van der Waals surface area contributed by atoms with Crippen molar-refractivity contribution in [3.05, 3.63) is 34.6 Å². The van der Waals surface area contributed by atoms with E-state index in [0.29, 0.717) is 31.3 Å². The van der Waals surface area contributed by atoms with Gasteiger partial charge in [-0.05, 0) is 23.8 Å². The van der Waals surface area contributed by atoms with Crippen LogP contribution in [0.4, 0.5) is 4.39 Å². The van der Waals surface area contributed by atoms with Crippen molar-refractivity contribution in [2.75, 3.05) is 19.7 Å². The molecular formula is C13H15ClFNO3. The van der Waals surface area contributed by atoms with E-state index in [1.807, 2.05) is 4.90 Å². The monoisotopic (exact) mass is 287 g/mol. The third-order valence-corrected chi connectivity index (χ3v) is 3.17. The van der Waals surface area contributed by atoms with Crippen molar-refractivity contribution >= 4 is 17.6 Å². The van der Waals surface area contributed by atoms with Gasteiger partial charge in [-0.2, -0.15) is 0 Å². The number of hydrogen-bond acceptors (Lipinski definition) is 3. The van der Waals surface area contributed by atoms with Crippen LogP contribution < -0.4 is 0 Å². The Hall–Kier alpha value is -1.17. The van der Waals surface area contributed by atoms with Gasteiger partial charge in [0.05, 0.1) is 19.1 Å². The van der Waals surface area contributed by atoms with Crippen LogP contribution in [0.5, 0.6) is 0 Å². The summed E-state index contributed by atoms with van der Waals surface area (Å²) in [5.74, 6) is -1.24. The van der Waals surface area contributed by atoms with Crippen LogP contribution in [0.2, 0.25) is 5.02 Å². The zero-order valence-electron chi connectivity index (χ0n) is 10.3. The lowest BCUT2D eigenvalue weighted by atomic mass is 10.1. The number of halogens is 2. The molecule has 0 spiro atoms. The van der Waals surface area contributed by atoms with Gasteiger partial charge in [-0.15, -0.1) is 0 Å². The molecule has 1 aliphatic heterocycles. The number of carboxylic acids is 1. The topological polar surface area (TPSA) is 49.8 Å². The number of nitrogens with zero attached hydrogens (tertiary/aromatic N) is 1. The lowest BCUT2D eigenvalue weighted by Gasteiger charge is -2.32. The molecule has 0 amide bonds. The summed E-state index contributed by atoms with van der Waals surface area (Å²) in [5.41, 5.74) is 0.779. The molecule has 0 saturated carbocycles. The van der Waals surface area contributed by atoms with Crippen LogP contribution in [-0.4, -0.2) is 41.8 Å². The van der Waals surface area contributed by atoms with Crippen molar-refractivity contribution in [1.82, 2.24) is 4.90 Å². The molecule has 0 aromatic heterocycles. The van der Waals surface area contributed by atoms with E-state index < -0.39 is 5.97 Å². The smallest absolute Gasteiger partial charge is 0.306 e. The number of aliphatic carboxylic acids is 1. The predicted molar refractivity (Wildman–Crippen MR) is 68.7 cm³/mol. The molecule has 1 unspecified atom stereocenters. The minimum atomic E-state index is -0.874. The first-order valence-electron chi connectivity index (χ1n) is 6.03. The first-order valence-corrected chi connectivity index (χ1v) is 6.41. The number of ether oxygens (including phenoxy) is 1. The van der Waals surface area contributed by atoms with Gasteiger partial charge in [-0.3, -0.25) is 9.69 Å². The van der Waals surface area contributed by atoms with Crippen molar-refractivity contribution in [2.24, 2.45) is 0 Å². The van der Waals surface area contributed by atoms with E-state index in [4.69, 9.17) is 21.4 Å². The van der Waals surface area contributed by atoms with Crippen molar-refractivity contribution in [1.29, 1.82) is 0 Å². The quantitative estimate of drug-likeness (QED) is 0.922. The second-order valence-electron chi connectivity index (χ2n) is 4.60. The Morgan fingerprint density at radius 2 is 2.32 bits per heavy atom. The number of carbonyl (C=O) groups is 1. The van der Waals surface area contributed by atoms with Crippen LogP contribution in [0.15, 0.2) is 18.2 Å². The molecule has 0 radical (unpaired) electrons. The summed E-state index contributed by atoms with van der Waals surface area (Å²) in [6, 6.07) is 4.41. The number of morpholine rings is 1. The maximum absolute atomic E-state index is 13.2. The molecular weight excluding hydrogens is 273 g/mol. The van der Waals surface area contributed by atoms with Gasteiger partial charge in [-0.1, -0.05) is 11.6 Å². The molecule has 19 heavy (non-hydrogen) atoms. The number of benzene rings is 1. The molecule has 1 aromatic carbocycles. The molecule has 0 aliphatic carbocycles. The standard InChI is InChI=1S/C13H15ClFNO3/c14-10-3-9(4-11(15)5-10)7-16-1-2-19-12(8-16)6-13(17)18/h3-5,12H,1-2,6-8H2,(H,17,18). The number of hydrogen-bond donors (Lipinski definition) is 1. The fourth-order valence-electron chi connectivity index (χ4n) is 2.20. The highest BCUT2D eigenvalue weighted by atomic mass is 35.5. The number of rotatable bonds is 4. The Morgan fingerprint density at radius 3 is 3.00 bits per heavy atom. The van der Waals surface area contributed by atoms with E-state index in [2.05, 4.69) is 0 Å². The minimum absolute atomic E-state index is 0.0135. The van der Waals surface area contributed by atoms with Gasteiger partial charge in [0.25, 0.3) is 0 Å². The summed E-state index contributed by atoms with van der Waals surface area (Å²) in [6.45, 7) is 2.25. The molecule has 1 aliphatic rings. The Morgan fingerprint density at radius 1 is 1.53 bits per heavy atom. The van der Waals surface area contributed by atoms with Crippen LogP contribution in [0, 0.1) is 5.82 Å². The highest BCUT2D eigenvalue weighted by molar-refractivity contribution is 6.30. The summed E-state index contributed by atoms with van der Waals surface area (Å²) < 4.78 is 18.6. The van der Waals surface area contributed by atoms with Crippen LogP contribution in [0.3, 0.4) is 0 Å². The third kappa shape index (κ3) is 4.45. The zero-order valence-corrected chi connectivity index (χ0v) is 11.1. The van der Waals surface area contributed by atoms with Crippen LogP contribution in [0.25, 0.3) is 0 Å². The first-order chi connectivity index (χ1) is 9.02. The van der Waals surface area contributed by atoms with Gasteiger partial charge in [0.2, 0.25) is 0 Å². The van der Waals surface area contributed by atoms with Crippen LogP contribution >= 0.6 is 11.6 Å². The van der Waals surface area contributed by atoms with Gasteiger partial charge in [-0.25, -0.2) is 4.39 Å². The average Bonchev–Trinajstić information content (AvgIpc) is 2.26. The molecule has 1 heterocycles. The fourth-order valence-corrected chi connectivity index (χ4v) is 2.45. The summed E-state index contributed by atoms with van der Waals surface area (Å²) in [6.07, 6.45) is -0.323. The fraction of sp³-hybridized carbons (Fsp3) is 0.462. The Bertz CT molecular complexity index is 449. The van der Waals surface area contributed by atoms with Crippen molar-refractivity contribution in [3.63, 3.8) is 0 Å². The molecule has 1 atom stereocenters. The predicted octanol–water partition coefficient (Wildman–Crippen LogP) is 2.15. The molecule has 0 bridgehead atoms. The van der Waals surface area contributed by atoms with Crippen molar-refractivity contribution < 1.29 is 19.0 Å². The van der Waals surface area contributed by atoms with Crippen molar-refractivity contribution in [3.8, 4) is 0 Å². The van der Waals surface area contributed by atoms with E-state index >= 15 is 0 Å². The zero-order chi connectivity index (χ0) is 13.8. The van der Waals surface area contributed by atoms with E-state index in [0.717, 1.165) is 5.56 Å². The maximum Gasteiger partial charge on any atom is 0.306 e. The molecule has 2 rings (SSSR count). The Balaban J connectivity index is 1.96. The maximum atomic E-state index is 13.2. The highest BCUT2D eigenvalue weighted by Gasteiger charge is 2.22. The second kappa shape index (κ2) is 6.32. The van der Waals surface area contributed by atoms with E-state index in [9.17, 15) is 9.18 Å². The second-order valence-corrected chi connectivity index (χ2v) is 5.04. The third-order valence-electron chi connectivity index (χ3n) is 2.95. The summed E-state index contributed by atoms with van der Waals surface area (Å²) in [4.78, 5) is 12.7. The molecule has 1 N–H and O–H groups in total. The SMILES string of the molecule is O=C(O)CC1CN(Cc2cc(F)cc(Cl)c2)CCO1. The normalized spacial score (nSPS) is 20.4. The summed E-state index contributed by atoms with van der Waals surface area (Å²) in [5, 5.41) is 9.12. The van der Waals surface area contributed by atoms with Gasteiger partial charge >= 0.3 is 5.97 Å². The highest BCUT2D eigenvalue weighted by Crippen LogP contribution is 2.17. The lowest BCUT2D eigenvalue weighted by Crippen LogP contribution is -2.42. The minimum Gasteiger partial charge on any atom is -0.481 e. The first kappa shape index (κ1) is 14.2. The van der Waals surface area contributed by atoms with Crippen LogP contribution in [-0.2, 0) is 16.1 Å². The Labute approximate surface area is 115 Å². The van der Waals surface area contributed by atoms with Gasteiger partial charge in [0, 0.05) is 24.7 Å². The molecule has 1 fully saturated rings. The summed E-state index contributed by atoms with van der Waals surface area (Å²) in [7, 11) is 0. The van der Waals surface area contributed by atoms with E-state index in [1.165, 1.54) is 12.1 Å². The number of carboxylic acid groups (broad SMARTS) is 1.